The summed E-state index contributed by atoms with van der Waals surface area (Å²) in [6, 6.07) is 10.1. The van der Waals surface area contributed by atoms with E-state index in [1.54, 1.807) is 17.6 Å². The van der Waals surface area contributed by atoms with Crippen molar-refractivity contribution >= 4 is 56.5 Å². The zero-order valence-electron chi connectivity index (χ0n) is 12.7. The van der Waals surface area contributed by atoms with Crippen LogP contribution in [0.3, 0.4) is 0 Å². The molecule has 0 spiro atoms. The van der Waals surface area contributed by atoms with Crippen LogP contribution in [0, 0.1) is 6.92 Å². The van der Waals surface area contributed by atoms with E-state index < -0.39 is 0 Å². The van der Waals surface area contributed by atoms with Crippen LogP contribution in [0.15, 0.2) is 35.4 Å². The van der Waals surface area contributed by atoms with Gasteiger partial charge in [-0.05, 0) is 37.1 Å². The summed E-state index contributed by atoms with van der Waals surface area (Å²) in [7, 11) is 0. The van der Waals surface area contributed by atoms with Gasteiger partial charge in [0.1, 0.15) is 4.88 Å². The highest BCUT2D eigenvalue weighted by molar-refractivity contribution is 7.21. The number of hydrogen-bond acceptors (Lipinski definition) is 4. The Labute approximate surface area is 147 Å². The number of carbonyl (C=O) groups excluding carboxylic acids is 1. The molecule has 3 nitrogen and oxygen atoms in total. The molecular formula is C17H15ClN2OS2. The van der Waals surface area contributed by atoms with E-state index in [0.717, 1.165) is 21.4 Å². The second kappa shape index (κ2) is 6.83. The molecule has 2 heterocycles. The molecule has 0 radical (unpaired) electrons. The molecule has 3 aromatic rings. The number of halogens is 1. The van der Waals surface area contributed by atoms with Gasteiger partial charge >= 0.3 is 0 Å². The molecule has 0 unspecified atom stereocenters. The number of nitrogens with zero attached hydrogens (tertiary/aromatic N) is 1. The summed E-state index contributed by atoms with van der Waals surface area (Å²) in [5, 5.41) is 5.42. The normalized spacial score (nSPS) is 11.4. The first-order chi connectivity index (χ1) is 11.1. The van der Waals surface area contributed by atoms with Crippen molar-refractivity contribution in [3.63, 3.8) is 0 Å². The molecule has 1 amide bonds. The van der Waals surface area contributed by atoms with Crippen molar-refractivity contribution in [1.29, 1.82) is 0 Å². The number of amides is 1. The van der Waals surface area contributed by atoms with E-state index in [-0.39, 0.29) is 5.91 Å². The van der Waals surface area contributed by atoms with Crippen LogP contribution in [0.4, 0.5) is 0 Å². The Morgan fingerprint density at radius 3 is 2.83 bits per heavy atom. The minimum atomic E-state index is -0.279. The number of hydrogen-bond donors (Lipinski definition) is 1. The monoisotopic (exact) mass is 362 g/mol. The van der Waals surface area contributed by atoms with Crippen molar-refractivity contribution in [3.05, 3.63) is 55.5 Å². The van der Waals surface area contributed by atoms with Gasteiger partial charge in [0.05, 0.1) is 11.2 Å². The Morgan fingerprint density at radius 1 is 1.30 bits per heavy atom. The van der Waals surface area contributed by atoms with Gasteiger partial charge in [0.2, 0.25) is 0 Å². The maximum Gasteiger partial charge on any atom is 0.283 e. The van der Waals surface area contributed by atoms with Gasteiger partial charge in [0.25, 0.3) is 5.91 Å². The fraction of sp³-hybridized carbons (Fsp3) is 0.176. The van der Waals surface area contributed by atoms with Gasteiger partial charge < -0.3 is 0 Å². The SMILES string of the molecule is CCc1ccc2c(Cl)c(C(=O)N/N=C\c3ccc(C)s3)sc2c1. The molecule has 118 valence electrons. The van der Waals surface area contributed by atoms with Gasteiger partial charge in [-0.2, -0.15) is 5.10 Å². The highest BCUT2D eigenvalue weighted by Crippen LogP contribution is 2.35. The van der Waals surface area contributed by atoms with E-state index >= 15 is 0 Å². The second-order valence-corrected chi connectivity index (χ2v) is 7.83. The predicted molar refractivity (Wildman–Crippen MR) is 100 cm³/mol. The molecule has 0 saturated heterocycles. The number of hydrazone groups is 1. The molecule has 0 fully saturated rings. The first-order valence-electron chi connectivity index (χ1n) is 7.19. The number of rotatable bonds is 4. The Morgan fingerprint density at radius 2 is 2.13 bits per heavy atom. The van der Waals surface area contributed by atoms with Gasteiger partial charge in [-0.1, -0.05) is 30.7 Å². The summed E-state index contributed by atoms with van der Waals surface area (Å²) in [4.78, 5) is 15.0. The van der Waals surface area contributed by atoms with Crippen molar-refractivity contribution in [1.82, 2.24) is 5.43 Å². The quantitative estimate of drug-likeness (QED) is 0.499. The molecule has 0 atom stereocenters. The molecule has 0 aliphatic rings. The molecule has 0 aliphatic heterocycles. The number of thiophene rings is 2. The maximum atomic E-state index is 12.3. The Kier molecular flexibility index (Phi) is 4.80. The average Bonchev–Trinajstić information content (AvgIpc) is 3.10. The van der Waals surface area contributed by atoms with E-state index in [0.29, 0.717) is 9.90 Å². The molecule has 0 aliphatic carbocycles. The molecule has 0 bridgehead atoms. The van der Waals surface area contributed by atoms with Crippen LogP contribution < -0.4 is 5.43 Å². The van der Waals surface area contributed by atoms with Crippen molar-refractivity contribution < 1.29 is 4.79 Å². The van der Waals surface area contributed by atoms with E-state index in [1.807, 2.05) is 31.2 Å². The third kappa shape index (κ3) is 3.47. The molecule has 2 aromatic heterocycles. The third-order valence-corrected chi connectivity index (χ3v) is 6.02. The summed E-state index contributed by atoms with van der Waals surface area (Å²) >= 11 is 9.37. The highest BCUT2D eigenvalue weighted by atomic mass is 35.5. The largest absolute Gasteiger partial charge is 0.283 e. The Balaban J connectivity index is 1.80. The average molecular weight is 363 g/mol. The molecule has 1 aromatic carbocycles. The van der Waals surface area contributed by atoms with Crippen molar-refractivity contribution in [2.45, 2.75) is 20.3 Å². The van der Waals surface area contributed by atoms with E-state index in [9.17, 15) is 4.79 Å². The first kappa shape index (κ1) is 16.2. The van der Waals surface area contributed by atoms with Gasteiger partial charge in [0.15, 0.2) is 0 Å². The second-order valence-electron chi connectivity index (χ2n) is 5.08. The minimum Gasteiger partial charge on any atom is -0.266 e. The van der Waals surface area contributed by atoms with Crippen molar-refractivity contribution in [2.75, 3.05) is 0 Å². The van der Waals surface area contributed by atoms with Gasteiger partial charge in [-0.25, -0.2) is 5.43 Å². The smallest absolute Gasteiger partial charge is 0.266 e. The standard InChI is InChI=1S/C17H15ClN2OS2/c1-3-11-5-7-13-14(8-11)23-16(15(13)18)17(21)20-19-9-12-6-4-10(2)22-12/h4-9H,3H2,1-2H3,(H,20,21)/b19-9-. The fourth-order valence-corrected chi connectivity index (χ4v) is 4.42. The number of fused-ring (bicyclic) bond motifs is 1. The van der Waals surface area contributed by atoms with Crippen LogP contribution in [0.2, 0.25) is 5.02 Å². The lowest BCUT2D eigenvalue weighted by Crippen LogP contribution is -2.16. The molecule has 0 saturated carbocycles. The highest BCUT2D eigenvalue weighted by Gasteiger charge is 2.16. The topological polar surface area (TPSA) is 41.5 Å². The fourth-order valence-electron chi connectivity index (χ4n) is 2.20. The lowest BCUT2D eigenvalue weighted by Gasteiger charge is -1.96. The summed E-state index contributed by atoms with van der Waals surface area (Å²) in [6.07, 6.45) is 2.60. The lowest BCUT2D eigenvalue weighted by molar-refractivity contribution is 0.0959. The third-order valence-electron chi connectivity index (χ3n) is 3.43. The van der Waals surface area contributed by atoms with Gasteiger partial charge in [-0.15, -0.1) is 22.7 Å². The van der Waals surface area contributed by atoms with Crippen LogP contribution in [0.5, 0.6) is 0 Å². The van der Waals surface area contributed by atoms with Crippen LogP contribution in [-0.2, 0) is 6.42 Å². The number of aryl methyl sites for hydroxylation is 2. The van der Waals surface area contributed by atoms with E-state index in [4.69, 9.17) is 11.6 Å². The van der Waals surface area contributed by atoms with E-state index in [2.05, 4.69) is 23.5 Å². The zero-order valence-corrected chi connectivity index (χ0v) is 15.1. The number of nitrogens with one attached hydrogen (secondary N) is 1. The maximum absolute atomic E-state index is 12.3. The molecule has 6 heteroatoms. The lowest BCUT2D eigenvalue weighted by atomic mass is 10.1. The molecule has 3 rings (SSSR count). The Bertz CT molecular complexity index is 895. The summed E-state index contributed by atoms with van der Waals surface area (Å²) in [6.45, 7) is 4.13. The van der Waals surface area contributed by atoms with Gasteiger partial charge in [0, 0.05) is 19.8 Å². The van der Waals surface area contributed by atoms with Crippen LogP contribution in [0.1, 0.15) is 31.9 Å². The molecular weight excluding hydrogens is 348 g/mol. The first-order valence-corrected chi connectivity index (χ1v) is 9.20. The number of benzene rings is 1. The number of carbonyl (C=O) groups is 1. The van der Waals surface area contributed by atoms with Crippen molar-refractivity contribution in [2.24, 2.45) is 5.10 Å². The summed E-state index contributed by atoms with van der Waals surface area (Å²) < 4.78 is 1.03. The van der Waals surface area contributed by atoms with Crippen LogP contribution in [-0.4, -0.2) is 12.1 Å². The summed E-state index contributed by atoms with van der Waals surface area (Å²) in [5.41, 5.74) is 3.78. The Hall–Kier alpha value is -1.69. The molecule has 23 heavy (non-hydrogen) atoms. The minimum absolute atomic E-state index is 0.279. The van der Waals surface area contributed by atoms with Gasteiger partial charge in [-0.3, -0.25) is 4.79 Å². The van der Waals surface area contributed by atoms with Crippen LogP contribution >= 0.6 is 34.3 Å². The van der Waals surface area contributed by atoms with Crippen molar-refractivity contribution in [3.8, 4) is 0 Å². The van der Waals surface area contributed by atoms with E-state index in [1.165, 1.54) is 21.8 Å². The summed E-state index contributed by atoms with van der Waals surface area (Å²) in [5.74, 6) is -0.279. The zero-order chi connectivity index (χ0) is 16.4. The predicted octanol–water partition coefficient (Wildman–Crippen LogP) is 5.25. The molecule has 1 N–H and O–H groups in total. The van der Waals surface area contributed by atoms with Crippen LogP contribution in [0.25, 0.3) is 10.1 Å².